The van der Waals surface area contributed by atoms with Gasteiger partial charge in [0.15, 0.2) is 0 Å². The van der Waals surface area contributed by atoms with Gasteiger partial charge in [-0.2, -0.15) is 0 Å². The monoisotopic (exact) mass is 349 g/mol. The van der Waals surface area contributed by atoms with Gasteiger partial charge in [-0.1, -0.05) is 40.1 Å². The Morgan fingerprint density at radius 3 is 3.04 bits per heavy atom. The van der Waals surface area contributed by atoms with Gasteiger partial charge in [0.25, 0.3) is 0 Å². The Labute approximate surface area is 145 Å². The fraction of sp³-hybridized carbons (Fsp3) is 0.529. The lowest BCUT2D eigenvalue weighted by Crippen LogP contribution is -2.24. The summed E-state index contributed by atoms with van der Waals surface area (Å²) in [6.07, 6.45) is 5.33. The maximum atomic E-state index is 12.0. The SMILES string of the molecule is Cn1c(CNC(=O)CCCC[C@H]2CCSS2)nc2ccccc21. The first-order valence-electron chi connectivity index (χ1n) is 8.19. The average Bonchev–Trinajstić information content (AvgIpc) is 3.18. The summed E-state index contributed by atoms with van der Waals surface area (Å²) in [5, 5.41) is 3.81. The van der Waals surface area contributed by atoms with Crippen LogP contribution in [0.5, 0.6) is 0 Å². The maximum Gasteiger partial charge on any atom is 0.220 e. The van der Waals surface area contributed by atoms with Crippen LogP contribution in [0.4, 0.5) is 0 Å². The zero-order valence-corrected chi connectivity index (χ0v) is 15.1. The second kappa shape index (κ2) is 8.11. The van der Waals surface area contributed by atoms with Crippen LogP contribution in [0.3, 0.4) is 0 Å². The molecule has 1 amide bonds. The van der Waals surface area contributed by atoms with Crippen LogP contribution in [0.2, 0.25) is 0 Å². The lowest BCUT2D eigenvalue weighted by atomic mass is 10.1. The number of unbranched alkanes of at least 4 members (excludes halogenated alkanes) is 1. The van der Waals surface area contributed by atoms with Crippen LogP contribution >= 0.6 is 21.6 Å². The Balaban J connectivity index is 1.40. The molecule has 124 valence electrons. The number of imidazole rings is 1. The maximum absolute atomic E-state index is 12.0. The van der Waals surface area contributed by atoms with Crippen molar-refractivity contribution in [3.63, 3.8) is 0 Å². The second-order valence-electron chi connectivity index (χ2n) is 5.93. The minimum absolute atomic E-state index is 0.130. The van der Waals surface area contributed by atoms with Crippen LogP contribution in [0.25, 0.3) is 11.0 Å². The molecule has 1 aromatic heterocycles. The quantitative estimate of drug-likeness (QED) is 0.608. The van der Waals surface area contributed by atoms with Crippen LogP contribution in [-0.4, -0.2) is 26.5 Å². The molecule has 0 radical (unpaired) electrons. The van der Waals surface area contributed by atoms with Crippen molar-refractivity contribution in [1.29, 1.82) is 0 Å². The third-order valence-electron chi connectivity index (χ3n) is 4.23. The van der Waals surface area contributed by atoms with Gasteiger partial charge in [-0.3, -0.25) is 4.79 Å². The zero-order valence-electron chi connectivity index (χ0n) is 13.5. The van der Waals surface area contributed by atoms with Crippen molar-refractivity contribution in [2.45, 2.75) is 43.9 Å². The van der Waals surface area contributed by atoms with Gasteiger partial charge in [-0.05, 0) is 31.4 Å². The molecule has 6 heteroatoms. The zero-order chi connectivity index (χ0) is 16.1. The van der Waals surface area contributed by atoms with E-state index in [9.17, 15) is 4.79 Å². The number of carbonyl (C=O) groups is 1. The number of hydrogen-bond acceptors (Lipinski definition) is 4. The predicted octanol–water partition coefficient (Wildman–Crippen LogP) is 3.90. The van der Waals surface area contributed by atoms with Gasteiger partial charge in [0.2, 0.25) is 5.91 Å². The fourth-order valence-corrected chi connectivity index (χ4v) is 5.87. The number of aromatic nitrogens is 2. The van der Waals surface area contributed by atoms with Gasteiger partial charge in [0, 0.05) is 24.5 Å². The predicted molar refractivity (Wildman–Crippen MR) is 99.5 cm³/mol. The van der Waals surface area contributed by atoms with Crippen molar-refractivity contribution < 1.29 is 4.79 Å². The molecule has 1 aromatic carbocycles. The van der Waals surface area contributed by atoms with Gasteiger partial charge >= 0.3 is 0 Å². The summed E-state index contributed by atoms with van der Waals surface area (Å²) >= 11 is 0. The molecule has 1 saturated heterocycles. The number of amides is 1. The standard InChI is InChI=1S/C17H23N3OS2/c1-20-15-8-4-3-7-14(15)19-16(20)12-18-17(21)9-5-2-6-13-10-11-22-23-13/h3-4,7-8,13H,2,5-6,9-12H2,1H3,(H,18,21)/t13-/m0/s1. The number of para-hydroxylation sites is 2. The molecule has 0 spiro atoms. The number of carbonyl (C=O) groups excluding carboxylic acids is 1. The Kier molecular flexibility index (Phi) is 5.89. The van der Waals surface area contributed by atoms with Crippen molar-refractivity contribution in [3.05, 3.63) is 30.1 Å². The van der Waals surface area contributed by atoms with Crippen LogP contribution < -0.4 is 5.32 Å². The molecule has 0 unspecified atom stereocenters. The lowest BCUT2D eigenvalue weighted by Gasteiger charge is -2.07. The first kappa shape index (κ1) is 16.7. The Hall–Kier alpha value is -1.14. The summed E-state index contributed by atoms with van der Waals surface area (Å²) < 4.78 is 2.05. The van der Waals surface area contributed by atoms with E-state index in [0.29, 0.717) is 13.0 Å². The molecule has 0 aliphatic carbocycles. The van der Waals surface area contributed by atoms with Gasteiger partial charge in [-0.25, -0.2) is 4.98 Å². The van der Waals surface area contributed by atoms with Crippen molar-refractivity contribution in [2.24, 2.45) is 7.05 Å². The number of hydrogen-bond donors (Lipinski definition) is 1. The average molecular weight is 350 g/mol. The lowest BCUT2D eigenvalue weighted by molar-refractivity contribution is -0.121. The highest BCUT2D eigenvalue weighted by Crippen LogP contribution is 2.39. The van der Waals surface area contributed by atoms with Crippen LogP contribution in [0.1, 0.15) is 37.9 Å². The highest BCUT2D eigenvalue weighted by atomic mass is 33.1. The molecule has 2 heterocycles. The first-order chi connectivity index (χ1) is 11.2. The molecular formula is C17H23N3OS2. The van der Waals surface area contributed by atoms with Gasteiger partial charge in [-0.15, -0.1) is 0 Å². The molecule has 1 atom stereocenters. The summed E-state index contributed by atoms with van der Waals surface area (Å²) in [5.74, 6) is 2.32. The summed E-state index contributed by atoms with van der Waals surface area (Å²) in [6.45, 7) is 0.499. The first-order valence-corrected chi connectivity index (χ1v) is 10.6. The normalized spacial score (nSPS) is 17.7. The largest absolute Gasteiger partial charge is 0.349 e. The molecule has 23 heavy (non-hydrogen) atoms. The Morgan fingerprint density at radius 2 is 2.26 bits per heavy atom. The van der Waals surface area contributed by atoms with Crippen molar-refractivity contribution in [2.75, 3.05) is 5.75 Å². The van der Waals surface area contributed by atoms with Crippen molar-refractivity contribution >= 4 is 38.5 Å². The number of nitrogens with zero attached hydrogens (tertiary/aromatic N) is 2. The number of fused-ring (bicyclic) bond motifs is 1. The topological polar surface area (TPSA) is 46.9 Å². The molecule has 1 N–H and O–H groups in total. The highest BCUT2D eigenvalue weighted by Gasteiger charge is 2.16. The molecular weight excluding hydrogens is 326 g/mol. The molecule has 1 fully saturated rings. The minimum Gasteiger partial charge on any atom is -0.349 e. The summed E-state index contributed by atoms with van der Waals surface area (Å²) in [7, 11) is 5.99. The number of rotatable bonds is 7. The minimum atomic E-state index is 0.130. The van der Waals surface area contributed by atoms with E-state index in [0.717, 1.165) is 34.9 Å². The molecule has 1 aliphatic heterocycles. The van der Waals surface area contributed by atoms with E-state index >= 15 is 0 Å². The van der Waals surface area contributed by atoms with Gasteiger partial charge < -0.3 is 9.88 Å². The highest BCUT2D eigenvalue weighted by molar-refractivity contribution is 8.77. The van der Waals surface area contributed by atoms with Crippen LogP contribution in [-0.2, 0) is 18.4 Å². The third kappa shape index (κ3) is 4.44. The molecule has 0 saturated carbocycles. The molecule has 1 aliphatic rings. The van der Waals surface area contributed by atoms with Gasteiger partial charge in [0.05, 0.1) is 17.6 Å². The van der Waals surface area contributed by atoms with Crippen molar-refractivity contribution in [3.8, 4) is 0 Å². The van der Waals surface area contributed by atoms with Crippen LogP contribution in [0, 0.1) is 0 Å². The molecule has 3 rings (SSSR count). The Bertz CT molecular complexity index is 665. The molecule has 2 aromatic rings. The number of aryl methyl sites for hydroxylation is 1. The van der Waals surface area contributed by atoms with E-state index < -0.39 is 0 Å². The summed E-state index contributed by atoms with van der Waals surface area (Å²) in [4.78, 5) is 16.6. The third-order valence-corrected chi connectivity index (χ3v) is 7.24. The van der Waals surface area contributed by atoms with E-state index in [4.69, 9.17) is 0 Å². The molecule has 0 bridgehead atoms. The van der Waals surface area contributed by atoms with E-state index in [2.05, 4.69) is 10.3 Å². The second-order valence-corrected chi connectivity index (χ2v) is 8.71. The smallest absolute Gasteiger partial charge is 0.220 e. The summed E-state index contributed by atoms with van der Waals surface area (Å²) in [5.41, 5.74) is 2.08. The molecule has 4 nitrogen and oxygen atoms in total. The van der Waals surface area contributed by atoms with Gasteiger partial charge in [0.1, 0.15) is 5.82 Å². The van der Waals surface area contributed by atoms with E-state index in [1.54, 1.807) is 0 Å². The summed E-state index contributed by atoms with van der Waals surface area (Å²) in [6, 6.07) is 8.04. The van der Waals surface area contributed by atoms with E-state index in [1.165, 1.54) is 18.6 Å². The Morgan fingerprint density at radius 1 is 1.39 bits per heavy atom. The van der Waals surface area contributed by atoms with Crippen molar-refractivity contribution in [1.82, 2.24) is 14.9 Å². The van der Waals surface area contributed by atoms with E-state index in [-0.39, 0.29) is 5.91 Å². The number of benzene rings is 1. The fourth-order valence-electron chi connectivity index (χ4n) is 2.84. The number of nitrogens with one attached hydrogen (secondary N) is 1. The van der Waals surface area contributed by atoms with Crippen LogP contribution in [0.15, 0.2) is 24.3 Å². The van der Waals surface area contributed by atoms with E-state index in [1.807, 2.05) is 57.5 Å².